The van der Waals surface area contributed by atoms with Gasteiger partial charge in [-0.05, 0) is 49.1 Å². The average molecular weight is 571 g/mol. The predicted octanol–water partition coefficient (Wildman–Crippen LogP) is 6.79. The van der Waals surface area contributed by atoms with E-state index in [4.69, 9.17) is 23.7 Å². The van der Waals surface area contributed by atoms with Crippen LogP contribution in [0, 0.1) is 0 Å². The zero-order chi connectivity index (χ0) is 29.4. The van der Waals surface area contributed by atoms with Gasteiger partial charge < -0.3 is 23.7 Å². The number of rotatable bonds is 12. The Morgan fingerprint density at radius 3 is 1.98 bits per heavy atom. The van der Waals surface area contributed by atoms with Crippen LogP contribution in [0.25, 0.3) is 0 Å². The van der Waals surface area contributed by atoms with E-state index < -0.39 is 24.1 Å². The lowest BCUT2D eigenvalue weighted by molar-refractivity contribution is -0.216. The van der Waals surface area contributed by atoms with Crippen molar-refractivity contribution in [2.45, 2.75) is 89.1 Å². The molecule has 0 N–H and O–H groups in total. The molecule has 2 aliphatic rings. The molecule has 3 aromatic rings. The van der Waals surface area contributed by atoms with Crippen LogP contribution in [0.2, 0.25) is 0 Å². The molecule has 0 aromatic heterocycles. The van der Waals surface area contributed by atoms with Gasteiger partial charge in [-0.1, -0.05) is 104 Å². The molecule has 0 spiro atoms. The summed E-state index contributed by atoms with van der Waals surface area (Å²) >= 11 is 0. The lowest BCUT2D eigenvalue weighted by Crippen LogP contribution is -2.57. The maximum atomic E-state index is 13.9. The number of benzene rings is 3. The van der Waals surface area contributed by atoms with Crippen LogP contribution in [0.1, 0.15) is 56.2 Å². The number of carbonyl (C=O) groups excluding carboxylic acids is 1. The number of hydrogen-bond donors (Lipinski definition) is 0. The lowest BCUT2D eigenvalue weighted by atomic mass is 9.79. The molecule has 42 heavy (non-hydrogen) atoms. The van der Waals surface area contributed by atoms with Crippen molar-refractivity contribution in [3.8, 4) is 0 Å². The molecule has 6 heteroatoms. The Morgan fingerprint density at radius 1 is 0.857 bits per heavy atom. The van der Waals surface area contributed by atoms with Gasteiger partial charge in [0, 0.05) is 5.92 Å². The molecule has 5 rings (SSSR count). The standard InChI is InChI=1S/C36H42O6/c1-4-14-31-32(28-19-12-7-13-20-28)34(38-23-26-15-8-5-9-16-26)35(39-24-27-17-10-6-11-18-27)33(41-31)30(37)22-21-29-25-40-36(2,3)42-29/h5-13,15-22,29,31-35H,4,14,23-25H2,1-3H3/b22-21+/t29-,31+,32-,33+,34+,35+/m0/s1. The van der Waals surface area contributed by atoms with Crippen LogP contribution in [-0.4, -0.2) is 48.7 Å². The summed E-state index contributed by atoms with van der Waals surface area (Å²) in [4.78, 5) is 13.9. The fraction of sp³-hybridized carbons (Fsp3) is 0.417. The fourth-order valence-corrected chi connectivity index (χ4v) is 5.80. The maximum Gasteiger partial charge on any atom is 0.186 e. The molecule has 0 radical (unpaired) electrons. The van der Waals surface area contributed by atoms with Crippen LogP contribution < -0.4 is 0 Å². The van der Waals surface area contributed by atoms with Gasteiger partial charge in [0.1, 0.15) is 18.3 Å². The van der Waals surface area contributed by atoms with Crippen molar-refractivity contribution < 1.29 is 28.5 Å². The molecule has 222 valence electrons. The van der Waals surface area contributed by atoms with Crippen LogP contribution >= 0.6 is 0 Å². The summed E-state index contributed by atoms with van der Waals surface area (Å²) < 4.78 is 31.7. The summed E-state index contributed by atoms with van der Waals surface area (Å²) in [5, 5.41) is 0. The molecule has 6 atom stereocenters. The first kappa shape index (κ1) is 30.3. The highest BCUT2D eigenvalue weighted by Gasteiger charge is 2.49. The van der Waals surface area contributed by atoms with E-state index in [1.54, 1.807) is 12.2 Å². The molecule has 0 bridgehead atoms. The molecule has 2 saturated heterocycles. The summed E-state index contributed by atoms with van der Waals surface area (Å²) in [6.07, 6.45) is 2.62. The van der Waals surface area contributed by atoms with Gasteiger partial charge in [-0.15, -0.1) is 0 Å². The minimum Gasteiger partial charge on any atom is -0.370 e. The average Bonchev–Trinajstić information content (AvgIpc) is 3.37. The maximum absolute atomic E-state index is 13.9. The van der Waals surface area contributed by atoms with Gasteiger partial charge in [0.25, 0.3) is 0 Å². The number of carbonyl (C=O) groups is 1. The first-order chi connectivity index (χ1) is 20.4. The molecular weight excluding hydrogens is 528 g/mol. The highest BCUT2D eigenvalue weighted by atomic mass is 16.7. The minimum atomic E-state index is -0.836. The number of ether oxygens (including phenoxy) is 5. The second-order valence-electron chi connectivity index (χ2n) is 11.5. The van der Waals surface area contributed by atoms with Crippen LogP contribution in [0.3, 0.4) is 0 Å². The summed E-state index contributed by atoms with van der Waals surface area (Å²) in [7, 11) is 0. The first-order valence-corrected chi connectivity index (χ1v) is 15.0. The molecule has 0 amide bonds. The highest BCUT2D eigenvalue weighted by molar-refractivity contribution is 5.94. The SMILES string of the molecule is CCC[C@H]1O[C@H](C(=O)/C=C/[C@H]2COC(C)(C)O2)[C@@H](OCc2ccccc2)[C@H](OCc2ccccc2)[C@H]1c1ccccc1. The predicted molar refractivity (Wildman–Crippen MR) is 162 cm³/mol. The summed E-state index contributed by atoms with van der Waals surface area (Å²) in [6, 6.07) is 30.4. The van der Waals surface area contributed by atoms with Crippen molar-refractivity contribution in [1.82, 2.24) is 0 Å². The van der Waals surface area contributed by atoms with Crippen LogP contribution in [0.4, 0.5) is 0 Å². The molecule has 3 aromatic carbocycles. The monoisotopic (exact) mass is 570 g/mol. The minimum absolute atomic E-state index is 0.115. The summed E-state index contributed by atoms with van der Waals surface area (Å²) in [5.41, 5.74) is 3.20. The smallest absolute Gasteiger partial charge is 0.186 e. The van der Waals surface area contributed by atoms with E-state index in [1.165, 1.54) is 0 Å². The van der Waals surface area contributed by atoms with Crippen molar-refractivity contribution in [3.05, 3.63) is 120 Å². The van der Waals surface area contributed by atoms with Crippen LogP contribution in [-0.2, 0) is 41.7 Å². The third-order valence-electron chi connectivity index (χ3n) is 7.81. The molecule has 0 unspecified atom stereocenters. The second-order valence-corrected chi connectivity index (χ2v) is 11.5. The quantitative estimate of drug-likeness (QED) is 0.224. The zero-order valence-corrected chi connectivity index (χ0v) is 24.8. The third-order valence-corrected chi connectivity index (χ3v) is 7.81. The topological polar surface area (TPSA) is 63.2 Å². The Bertz CT molecular complexity index is 1280. The Morgan fingerprint density at radius 2 is 1.43 bits per heavy atom. The van der Waals surface area contributed by atoms with Crippen LogP contribution in [0.15, 0.2) is 103 Å². The third kappa shape index (κ3) is 7.82. The Kier molecular flexibility index (Phi) is 10.4. The van der Waals surface area contributed by atoms with Crippen molar-refractivity contribution in [2.75, 3.05) is 6.61 Å². The van der Waals surface area contributed by atoms with Gasteiger partial charge in [0.2, 0.25) is 0 Å². The van der Waals surface area contributed by atoms with E-state index in [0.717, 1.165) is 29.5 Å². The second kappa shape index (κ2) is 14.4. The van der Waals surface area contributed by atoms with E-state index in [2.05, 4.69) is 31.2 Å². The molecular formula is C36H42O6. The first-order valence-electron chi connectivity index (χ1n) is 15.0. The Balaban J connectivity index is 1.48. The number of hydrogen-bond acceptors (Lipinski definition) is 6. The summed E-state index contributed by atoms with van der Waals surface area (Å²) in [6.45, 7) is 7.01. The Labute approximate surface area is 249 Å². The molecule has 0 aliphatic carbocycles. The summed E-state index contributed by atoms with van der Waals surface area (Å²) in [5.74, 6) is -0.954. The van der Waals surface area contributed by atoms with Crippen molar-refractivity contribution in [3.63, 3.8) is 0 Å². The molecule has 0 saturated carbocycles. The van der Waals surface area contributed by atoms with Crippen LogP contribution in [0.5, 0.6) is 0 Å². The Hall–Kier alpha value is -3.13. The molecule has 6 nitrogen and oxygen atoms in total. The highest BCUT2D eigenvalue weighted by Crippen LogP contribution is 2.40. The number of ketones is 1. The van der Waals surface area contributed by atoms with Gasteiger partial charge in [0.05, 0.1) is 32.0 Å². The van der Waals surface area contributed by atoms with Gasteiger partial charge in [0.15, 0.2) is 11.6 Å². The zero-order valence-electron chi connectivity index (χ0n) is 24.8. The van der Waals surface area contributed by atoms with Crippen molar-refractivity contribution in [2.24, 2.45) is 0 Å². The van der Waals surface area contributed by atoms with Gasteiger partial charge in [-0.2, -0.15) is 0 Å². The van der Waals surface area contributed by atoms with E-state index in [1.807, 2.05) is 80.6 Å². The fourth-order valence-electron chi connectivity index (χ4n) is 5.80. The molecule has 2 heterocycles. The van der Waals surface area contributed by atoms with Gasteiger partial charge in [-0.25, -0.2) is 0 Å². The normalized spacial score (nSPS) is 27.3. The van der Waals surface area contributed by atoms with Gasteiger partial charge >= 0.3 is 0 Å². The van der Waals surface area contributed by atoms with Gasteiger partial charge in [-0.3, -0.25) is 4.79 Å². The van der Waals surface area contributed by atoms with E-state index in [9.17, 15) is 4.79 Å². The lowest BCUT2D eigenvalue weighted by Gasteiger charge is -2.46. The largest absolute Gasteiger partial charge is 0.370 e. The van der Waals surface area contributed by atoms with Crippen molar-refractivity contribution in [1.29, 1.82) is 0 Å². The van der Waals surface area contributed by atoms with E-state index in [0.29, 0.717) is 19.8 Å². The molecule has 2 fully saturated rings. The van der Waals surface area contributed by atoms with Crippen molar-refractivity contribution >= 4 is 5.78 Å². The van der Waals surface area contributed by atoms with E-state index >= 15 is 0 Å². The van der Waals surface area contributed by atoms with E-state index in [-0.39, 0.29) is 23.9 Å². The molecule has 2 aliphatic heterocycles.